The zero-order valence-electron chi connectivity index (χ0n) is 15.5. The molecule has 1 amide bonds. The first-order chi connectivity index (χ1) is 12.1. The highest BCUT2D eigenvalue weighted by Crippen LogP contribution is 2.08. The first-order valence-corrected chi connectivity index (χ1v) is 8.88. The Morgan fingerprint density at radius 2 is 1.62 bits per heavy atom. The van der Waals surface area contributed by atoms with Crippen molar-refractivity contribution in [1.29, 1.82) is 0 Å². The minimum Gasteiger partial charge on any atom is -0.337 e. The molecule has 3 nitrogen and oxygen atoms in total. The maximum Gasteiger partial charge on any atom is 0.246 e. The van der Waals surface area contributed by atoms with Gasteiger partial charge in [-0.15, -0.1) is 12.4 Å². The lowest BCUT2D eigenvalue weighted by Crippen LogP contribution is -2.43. The third-order valence-electron chi connectivity index (χ3n) is 4.33. The number of halogens is 1. The van der Waals surface area contributed by atoms with Gasteiger partial charge in [-0.1, -0.05) is 74.5 Å². The van der Waals surface area contributed by atoms with Crippen LogP contribution in [0, 0.1) is 5.92 Å². The Morgan fingerprint density at radius 3 is 2.19 bits per heavy atom. The van der Waals surface area contributed by atoms with Crippen molar-refractivity contribution in [3.8, 4) is 0 Å². The minimum atomic E-state index is -0.0233. The lowest BCUT2D eigenvalue weighted by atomic mass is 10.0. The molecule has 2 rings (SSSR count). The second-order valence-corrected chi connectivity index (χ2v) is 6.67. The average molecular weight is 373 g/mol. The van der Waals surface area contributed by atoms with Gasteiger partial charge in [0.15, 0.2) is 0 Å². The normalized spacial score (nSPS) is 12.0. The molecule has 0 spiro atoms. The van der Waals surface area contributed by atoms with E-state index >= 15 is 0 Å². The molecule has 0 saturated carbocycles. The molecule has 1 atom stereocenters. The molecule has 2 N–H and O–H groups in total. The SMILES string of the molecule is CC(C)[C@H](N)CN(CCc1ccccc1)C(=O)/C=C/c1ccccc1.Cl. The van der Waals surface area contributed by atoms with E-state index in [2.05, 4.69) is 26.0 Å². The van der Waals surface area contributed by atoms with Gasteiger partial charge >= 0.3 is 0 Å². The van der Waals surface area contributed by atoms with Gasteiger partial charge in [0.2, 0.25) is 5.91 Å². The quantitative estimate of drug-likeness (QED) is 0.706. The molecule has 4 heteroatoms. The molecule has 2 aromatic carbocycles. The predicted molar refractivity (Wildman–Crippen MR) is 112 cm³/mol. The van der Waals surface area contributed by atoms with Crippen LogP contribution in [0.3, 0.4) is 0 Å². The summed E-state index contributed by atoms with van der Waals surface area (Å²) in [7, 11) is 0. The summed E-state index contributed by atoms with van der Waals surface area (Å²) in [6.07, 6.45) is 4.34. The van der Waals surface area contributed by atoms with E-state index in [1.54, 1.807) is 6.08 Å². The highest BCUT2D eigenvalue weighted by molar-refractivity contribution is 5.91. The Labute approximate surface area is 163 Å². The van der Waals surface area contributed by atoms with Crippen LogP contribution in [-0.4, -0.2) is 29.9 Å². The van der Waals surface area contributed by atoms with Gasteiger partial charge < -0.3 is 10.6 Å². The van der Waals surface area contributed by atoms with E-state index in [-0.39, 0.29) is 24.4 Å². The fraction of sp³-hybridized carbons (Fsp3) is 0.318. The van der Waals surface area contributed by atoms with Crippen molar-refractivity contribution < 1.29 is 4.79 Å². The lowest BCUT2D eigenvalue weighted by Gasteiger charge is -2.27. The van der Waals surface area contributed by atoms with Crippen LogP contribution in [0.15, 0.2) is 66.7 Å². The van der Waals surface area contributed by atoms with Crippen molar-refractivity contribution >= 4 is 24.4 Å². The van der Waals surface area contributed by atoms with Gasteiger partial charge in [0.25, 0.3) is 0 Å². The number of benzene rings is 2. The van der Waals surface area contributed by atoms with Gasteiger partial charge in [-0.2, -0.15) is 0 Å². The number of rotatable bonds is 8. The van der Waals surface area contributed by atoms with Crippen LogP contribution in [0.4, 0.5) is 0 Å². The lowest BCUT2D eigenvalue weighted by molar-refractivity contribution is -0.126. The predicted octanol–water partition coefficient (Wildman–Crippen LogP) is 4.18. The summed E-state index contributed by atoms with van der Waals surface area (Å²) in [5.41, 5.74) is 8.46. The van der Waals surface area contributed by atoms with Crippen LogP contribution in [0.5, 0.6) is 0 Å². The van der Waals surface area contributed by atoms with Gasteiger partial charge in [0, 0.05) is 25.2 Å². The van der Waals surface area contributed by atoms with E-state index in [0.717, 1.165) is 12.0 Å². The second-order valence-electron chi connectivity index (χ2n) is 6.67. The molecule has 0 fully saturated rings. The van der Waals surface area contributed by atoms with Crippen LogP contribution >= 0.6 is 12.4 Å². The number of hydrogen-bond acceptors (Lipinski definition) is 2. The van der Waals surface area contributed by atoms with E-state index in [1.165, 1.54) is 5.56 Å². The van der Waals surface area contributed by atoms with Crippen LogP contribution < -0.4 is 5.73 Å². The molecule has 0 aliphatic heterocycles. The van der Waals surface area contributed by atoms with Crippen molar-refractivity contribution in [2.24, 2.45) is 11.7 Å². The molecule has 0 unspecified atom stereocenters. The fourth-order valence-electron chi connectivity index (χ4n) is 2.50. The van der Waals surface area contributed by atoms with Gasteiger partial charge in [-0.05, 0) is 29.5 Å². The summed E-state index contributed by atoms with van der Waals surface area (Å²) < 4.78 is 0. The average Bonchev–Trinajstić information content (AvgIpc) is 2.64. The molecular formula is C22H29ClN2O. The monoisotopic (exact) mass is 372 g/mol. The van der Waals surface area contributed by atoms with Crippen LogP contribution in [0.2, 0.25) is 0 Å². The number of nitrogens with zero attached hydrogens (tertiary/aromatic N) is 1. The number of carbonyl (C=O) groups excluding carboxylic acids is 1. The van der Waals surface area contributed by atoms with E-state index in [9.17, 15) is 4.79 Å². The van der Waals surface area contributed by atoms with Crippen LogP contribution in [0.25, 0.3) is 6.08 Å². The molecule has 0 aromatic heterocycles. The van der Waals surface area contributed by atoms with Crippen molar-refractivity contribution in [3.63, 3.8) is 0 Å². The summed E-state index contributed by atoms with van der Waals surface area (Å²) in [5, 5.41) is 0. The van der Waals surface area contributed by atoms with E-state index in [0.29, 0.717) is 19.0 Å². The first kappa shape index (κ1) is 21.9. The molecule has 140 valence electrons. The van der Waals surface area contributed by atoms with Crippen LogP contribution in [-0.2, 0) is 11.2 Å². The van der Waals surface area contributed by atoms with Gasteiger partial charge in [0.1, 0.15) is 0 Å². The van der Waals surface area contributed by atoms with Crippen molar-refractivity contribution in [2.45, 2.75) is 26.3 Å². The highest BCUT2D eigenvalue weighted by Gasteiger charge is 2.17. The van der Waals surface area contributed by atoms with Gasteiger partial charge in [-0.25, -0.2) is 0 Å². The smallest absolute Gasteiger partial charge is 0.246 e. The number of carbonyl (C=O) groups is 1. The Morgan fingerprint density at radius 1 is 1.04 bits per heavy atom. The number of nitrogens with two attached hydrogens (primary N) is 1. The summed E-state index contributed by atoms with van der Waals surface area (Å²) in [5.74, 6) is 0.348. The molecular weight excluding hydrogens is 344 g/mol. The maximum absolute atomic E-state index is 12.7. The summed E-state index contributed by atoms with van der Waals surface area (Å²) in [4.78, 5) is 14.5. The molecule has 0 heterocycles. The van der Waals surface area contributed by atoms with E-state index in [1.807, 2.05) is 59.5 Å². The van der Waals surface area contributed by atoms with Gasteiger partial charge in [0.05, 0.1) is 0 Å². The Balaban J connectivity index is 0.00000338. The molecule has 0 radical (unpaired) electrons. The molecule has 26 heavy (non-hydrogen) atoms. The molecule has 0 saturated heterocycles. The summed E-state index contributed by atoms with van der Waals surface area (Å²) >= 11 is 0. The summed E-state index contributed by atoms with van der Waals surface area (Å²) in [6.45, 7) is 5.42. The van der Waals surface area contributed by atoms with E-state index in [4.69, 9.17) is 5.73 Å². The van der Waals surface area contributed by atoms with Crippen molar-refractivity contribution in [1.82, 2.24) is 4.90 Å². The number of amides is 1. The first-order valence-electron chi connectivity index (χ1n) is 8.88. The Kier molecular flexibility index (Phi) is 9.71. The van der Waals surface area contributed by atoms with Crippen LogP contribution in [0.1, 0.15) is 25.0 Å². The third-order valence-corrected chi connectivity index (χ3v) is 4.33. The molecule has 0 aliphatic carbocycles. The van der Waals surface area contributed by atoms with Crippen molar-refractivity contribution in [2.75, 3.05) is 13.1 Å². The molecule has 0 bridgehead atoms. The molecule has 0 aliphatic rings. The summed E-state index contributed by atoms with van der Waals surface area (Å²) in [6, 6.07) is 20.1. The molecule has 2 aromatic rings. The van der Waals surface area contributed by atoms with Gasteiger partial charge in [-0.3, -0.25) is 4.79 Å². The fourth-order valence-corrected chi connectivity index (χ4v) is 2.50. The maximum atomic E-state index is 12.7. The highest BCUT2D eigenvalue weighted by atomic mass is 35.5. The zero-order chi connectivity index (χ0) is 18.1. The number of hydrogen-bond donors (Lipinski definition) is 1. The Hall–Kier alpha value is -2.10. The minimum absolute atomic E-state index is 0. The largest absolute Gasteiger partial charge is 0.337 e. The second kappa shape index (κ2) is 11.5. The van der Waals surface area contributed by atoms with Crippen molar-refractivity contribution in [3.05, 3.63) is 77.9 Å². The Bertz CT molecular complexity index is 671. The standard InChI is InChI=1S/C22H28N2O.ClH/c1-18(2)21(23)17-24(16-15-20-11-7-4-8-12-20)22(25)14-13-19-9-5-3-6-10-19;/h3-14,18,21H,15-17,23H2,1-2H3;1H/b14-13+;/t21-;/m1./s1. The topological polar surface area (TPSA) is 46.3 Å². The zero-order valence-corrected chi connectivity index (χ0v) is 16.4. The van der Waals surface area contributed by atoms with E-state index < -0.39 is 0 Å². The third kappa shape index (κ3) is 7.42.